The van der Waals surface area contributed by atoms with Crippen LogP contribution in [0.25, 0.3) is 0 Å². The summed E-state index contributed by atoms with van der Waals surface area (Å²) in [6.07, 6.45) is 14.6. The Morgan fingerprint density at radius 2 is 1.19 bits per heavy atom. The molecule has 0 bridgehead atoms. The van der Waals surface area contributed by atoms with Crippen molar-refractivity contribution in [2.45, 2.75) is 77.6 Å². The maximum absolute atomic E-state index is 5.49. The van der Waals surface area contributed by atoms with Gasteiger partial charge < -0.3 is 4.74 Å². The highest BCUT2D eigenvalue weighted by atomic mass is 16.5. The second-order valence-electron chi connectivity index (χ2n) is 4.65. The molecule has 0 rings (SSSR count). The third-order valence-electron chi connectivity index (χ3n) is 2.93. The zero-order valence-corrected chi connectivity index (χ0v) is 11.3. The first-order chi connectivity index (χ1) is 7.91. The van der Waals surface area contributed by atoms with Gasteiger partial charge >= 0.3 is 0 Å². The van der Waals surface area contributed by atoms with Crippen LogP contribution in [0.5, 0.6) is 0 Å². The van der Waals surface area contributed by atoms with Crippen LogP contribution in [0.15, 0.2) is 0 Å². The lowest BCUT2D eigenvalue weighted by Gasteiger charge is -2.03. The fraction of sp³-hybridized carbons (Fsp3) is 0.933. The Hall–Kier alpha value is -0.0400. The highest BCUT2D eigenvalue weighted by Gasteiger charge is 1.92. The molecule has 0 N–H and O–H groups in total. The van der Waals surface area contributed by atoms with Gasteiger partial charge in [-0.25, -0.2) is 0 Å². The van der Waals surface area contributed by atoms with Crippen LogP contribution in [0.1, 0.15) is 77.6 Å². The predicted molar refractivity (Wildman–Crippen MR) is 72.6 cm³/mol. The Balaban J connectivity index is 2.83. The molecule has 0 aromatic heterocycles. The first kappa shape index (κ1) is 16.0. The third-order valence-corrected chi connectivity index (χ3v) is 2.93. The van der Waals surface area contributed by atoms with E-state index in [1.807, 2.05) is 0 Å². The second-order valence-corrected chi connectivity index (χ2v) is 4.65. The molecule has 0 spiro atoms. The van der Waals surface area contributed by atoms with E-state index in [0.717, 1.165) is 26.1 Å². The quantitative estimate of drug-likeness (QED) is 0.395. The zero-order chi connectivity index (χ0) is 11.9. The van der Waals surface area contributed by atoms with Gasteiger partial charge in [-0.15, -0.1) is 0 Å². The van der Waals surface area contributed by atoms with Gasteiger partial charge in [-0.05, 0) is 12.8 Å². The largest absolute Gasteiger partial charge is 0.381 e. The summed E-state index contributed by atoms with van der Waals surface area (Å²) in [5.41, 5.74) is 0. The summed E-state index contributed by atoms with van der Waals surface area (Å²) in [4.78, 5) is 0. The van der Waals surface area contributed by atoms with Gasteiger partial charge in [-0.1, -0.05) is 71.6 Å². The summed E-state index contributed by atoms with van der Waals surface area (Å²) in [5.74, 6) is 0. The van der Waals surface area contributed by atoms with Crippen LogP contribution in [-0.2, 0) is 4.74 Å². The maximum Gasteiger partial charge on any atom is 0.0466 e. The molecule has 1 nitrogen and oxygen atoms in total. The molecular weight excluding hydrogens is 196 g/mol. The second kappa shape index (κ2) is 15.0. The molecule has 16 heavy (non-hydrogen) atoms. The highest BCUT2D eigenvalue weighted by molar-refractivity contribution is 4.47. The van der Waals surface area contributed by atoms with E-state index in [1.54, 1.807) is 0 Å². The monoisotopic (exact) mass is 227 g/mol. The molecule has 0 saturated heterocycles. The van der Waals surface area contributed by atoms with Gasteiger partial charge in [-0.2, -0.15) is 0 Å². The summed E-state index contributed by atoms with van der Waals surface area (Å²) >= 11 is 0. The molecule has 0 saturated carbocycles. The van der Waals surface area contributed by atoms with Gasteiger partial charge in [0.05, 0.1) is 0 Å². The first-order valence-corrected chi connectivity index (χ1v) is 7.28. The summed E-state index contributed by atoms with van der Waals surface area (Å²) in [6.45, 7) is 7.92. The molecule has 0 aromatic carbocycles. The molecule has 0 atom stereocenters. The summed E-state index contributed by atoms with van der Waals surface area (Å²) in [6, 6.07) is 0. The molecule has 0 amide bonds. The normalized spacial score (nSPS) is 10.9. The number of rotatable bonds is 13. The standard InChI is InChI=1S/C15H31O/c1-3-5-7-8-9-10-11-12-13-15-16-14-6-4-2/h2-15H2,1H3. The van der Waals surface area contributed by atoms with Crippen molar-refractivity contribution in [3.8, 4) is 0 Å². The van der Waals surface area contributed by atoms with Crippen molar-refractivity contribution in [2.24, 2.45) is 0 Å². The summed E-state index contributed by atoms with van der Waals surface area (Å²) in [5, 5.41) is 0. The SMILES string of the molecule is [CH2]CCCOCCCCCCCCCCC. The van der Waals surface area contributed by atoms with E-state index in [9.17, 15) is 0 Å². The Kier molecular flexibility index (Phi) is 14.9. The molecule has 1 radical (unpaired) electrons. The van der Waals surface area contributed by atoms with Crippen molar-refractivity contribution in [3.05, 3.63) is 6.92 Å². The van der Waals surface area contributed by atoms with Crippen LogP contribution in [0.3, 0.4) is 0 Å². The predicted octanol–water partition coefficient (Wildman–Crippen LogP) is 5.15. The van der Waals surface area contributed by atoms with E-state index >= 15 is 0 Å². The molecule has 0 unspecified atom stereocenters. The van der Waals surface area contributed by atoms with Gasteiger partial charge in [0.25, 0.3) is 0 Å². The Morgan fingerprint density at radius 3 is 1.75 bits per heavy atom. The molecule has 97 valence electrons. The fourth-order valence-corrected chi connectivity index (χ4v) is 1.82. The highest BCUT2D eigenvalue weighted by Crippen LogP contribution is 2.09. The maximum atomic E-state index is 5.49. The average molecular weight is 227 g/mol. The van der Waals surface area contributed by atoms with Crippen molar-refractivity contribution >= 4 is 0 Å². The van der Waals surface area contributed by atoms with Crippen LogP contribution in [0.4, 0.5) is 0 Å². The molecule has 0 fully saturated rings. The lowest BCUT2D eigenvalue weighted by Crippen LogP contribution is -1.96. The summed E-state index contributed by atoms with van der Waals surface area (Å²) in [7, 11) is 0. The molecule has 0 aromatic rings. The Morgan fingerprint density at radius 1 is 0.688 bits per heavy atom. The third kappa shape index (κ3) is 14.0. The van der Waals surface area contributed by atoms with E-state index in [1.165, 1.54) is 57.8 Å². The summed E-state index contributed by atoms with van der Waals surface area (Å²) < 4.78 is 5.49. The zero-order valence-electron chi connectivity index (χ0n) is 11.3. The number of hydrogen-bond donors (Lipinski definition) is 0. The van der Waals surface area contributed by atoms with Gasteiger partial charge in [-0.3, -0.25) is 0 Å². The van der Waals surface area contributed by atoms with Crippen molar-refractivity contribution in [1.82, 2.24) is 0 Å². The Bertz CT molecular complexity index is 98.0. The number of ether oxygens (including phenoxy) is 1. The molecule has 0 heterocycles. The van der Waals surface area contributed by atoms with Crippen LogP contribution >= 0.6 is 0 Å². The van der Waals surface area contributed by atoms with Gasteiger partial charge in [0.1, 0.15) is 0 Å². The minimum absolute atomic E-state index is 0.903. The minimum Gasteiger partial charge on any atom is -0.381 e. The van der Waals surface area contributed by atoms with Crippen LogP contribution < -0.4 is 0 Å². The molecule has 0 aliphatic carbocycles. The van der Waals surface area contributed by atoms with Crippen LogP contribution in [0, 0.1) is 6.92 Å². The van der Waals surface area contributed by atoms with Crippen molar-refractivity contribution in [2.75, 3.05) is 13.2 Å². The average Bonchev–Trinajstić information content (AvgIpc) is 2.31. The minimum atomic E-state index is 0.903. The van der Waals surface area contributed by atoms with E-state index < -0.39 is 0 Å². The van der Waals surface area contributed by atoms with Crippen molar-refractivity contribution < 1.29 is 4.74 Å². The smallest absolute Gasteiger partial charge is 0.0466 e. The Labute approximate surface area is 103 Å². The number of hydrogen-bond acceptors (Lipinski definition) is 1. The lowest BCUT2D eigenvalue weighted by molar-refractivity contribution is 0.128. The molecular formula is C15H31O. The topological polar surface area (TPSA) is 9.23 Å². The lowest BCUT2D eigenvalue weighted by atomic mass is 10.1. The number of unbranched alkanes of at least 4 members (excludes halogenated alkanes) is 9. The molecule has 1 heteroatoms. The van der Waals surface area contributed by atoms with Gasteiger partial charge in [0.2, 0.25) is 0 Å². The molecule has 0 aliphatic heterocycles. The molecule has 0 aliphatic rings. The van der Waals surface area contributed by atoms with Crippen LogP contribution in [0.2, 0.25) is 0 Å². The van der Waals surface area contributed by atoms with E-state index in [-0.39, 0.29) is 0 Å². The van der Waals surface area contributed by atoms with Gasteiger partial charge in [0.15, 0.2) is 0 Å². The van der Waals surface area contributed by atoms with E-state index in [2.05, 4.69) is 13.8 Å². The van der Waals surface area contributed by atoms with E-state index in [4.69, 9.17) is 4.74 Å². The first-order valence-electron chi connectivity index (χ1n) is 7.28. The van der Waals surface area contributed by atoms with E-state index in [0.29, 0.717) is 0 Å². The fourth-order valence-electron chi connectivity index (χ4n) is 1.82. The van der Waals surface area contributed by atoms with Gasteiger partial charge in [0, 0.05) is 13.2 Å². The van der Waals surface area contributed by atoms with Crippen LogP contribution in [-0.4, -0.2) is 13.2 Å². The van der Waals surface area contributed by atoms with Crippen molar-refractivity contribution in [1.29, 1.82) is 0 Å². The van der Waals surface area contributed by atoms with Crippen molar-refractivity contribution in [3.63, 3.8) is 0 Å².